The highest BCUT2D eigenvalue weighted by molar-refractivity contribution is 7.88. The van der Waals surface area contributed by atoms with Crippen molar-refractivity contribution in [2.75, 3.05) is 39.5 Å². The third-order valence-corrected chi connectivity index (χ3v) is 3.50. The zero-order chi connectivity index (χ0) is 12.0. The molecule has 96 valence electrons. The van der Waals surface area contributed by atoms with Gasteiger partial charge in [-0.05, 0) is 39.4 Å². The molecule has 0 saturated carbocycles. The molecule has 1 saturated heterocycles. The van der Waals surface area contributed by atoms with E-state index < -0.39 is 10.0 Å². The number of piperidine rings is 1. The summed E-state index contributed by atoms with van der Waals surface area (Å²) in [5, 5.41) is 3.46. The number of rotatable bonds is 6. The smallest absolute Gasteiger partial charge is 0.208 e. The number of hydrogen-bond donors (Lipinski definition) is 2. The van der Waals surface area contributed by atoms with Crippen molar-refractivity contribution in [2.24, 2.45) is 0 Å². The Labute approximate surface area is 98.6 Å². The van der Waals surface area contributed by atoms with Gasteiger partial charge in [-0.3, -0.25) is 0 Å². The summed E-state index contributed by atoms with van der Waals surface area (Å²) in [5.74, 6) is 0. The van der Waals surface area contributed by atoms with Crippen molar-refractivity contribution < 1.29 is 8.42 Å². The lowest BCUT2D eigenvalue weighted by Crippen LogP contribution is -2.44. The van der Waals surface area contributed by atoms with Gasteiger partial charge in [-0.2, -0.15) is 0 Å². The lowest BCUT2D eigenvalue weighted by Gasteiger charge is -2.30. The Bertz CT molecular complexity index is 292. The van der Waals surface area contributed by atoms with E-state index in [1.54, 1.807) is 0 Å². The number of likely N-dealkylation sites (N-methyl/N-ethyl adjacent to an activating group) is 1. The van der Waals surface area contributed by atoms with Crippen molar-refractivity contribution in [3.05, 3.63) is 0 Å². The fraction of sp³-hybridized carbons (Fsp3) is 1.00. The van der Waals surface area contributed by atoms with Gasteiger partial charge in [-0.15, -0.1) is 0 Å². The third kappa shape index (κ3) is 6.42. The lowest BCUT2D eigenvalue weighted by atomic mass is 10.1. The molecule has 5 nitrogen and oxygen atoms in total. The van der Waals surface area contributed by atoms with E-state index in [9.17, 15) is 8.42 Å². The Hall–Kier alpha value is -0.170. The van der Waals surface area contributed by atoms with Gasteiger partial charge >= 0.3 is 0 Å². The third-order valence-electron chi connectivity index (χ3n) is 2.78. The van der Waals surface area contributed by atoms with Crippen LogP contribution in [0.15, 0.2) is 0 Å². The summed E-state index contributed by atoms with van der Waals surface area (Å²) >= 11 is 0. The second kappa shape index (κ2) is 6.54. The summed E-state index contributed by atoms with van der Waals surface area (Å²) in [6.45, 7) is 3.68. The van der Waals surface area contributed by atoms with Crippen LogP contribution in [0, 0.1) is 0 Å². The molecule has 0 bridgehead atoms. The van der Waals surface area contributed by atoms with Gasteiger partial charge in [0.25, 0.3) is 0 Å². The molecule has 0 spiro atoms. The molecule has 0 aliphatic carbocycles. The fourth-order valence-corrected chi connectivity index (χ4v) is 2.50. The van der Waals surface area contributed by atoms with Crippen LogP contribution in [0.2, 0.25) is 0 Å². The fourth-order valence-electron chi connectivity index (χ4n) is 1.99. The highest BCUT2D eigenvalue weighted by atomic mass is 32.2. The summed E-state index contributed by atoms with van der Waals surface area (Å²) in [4.78, 5) is 2.33. The van der Waals surface area contributed by atoms with Crippen LogP contribution in [-0.4, -0.2) is 58.8 Å². The number of nitrogens with zero attached hydrogens (tertiary/aromatic N) is 1. The maximum absolute atomic E-state index is 10.8. The summed E-state index contributed by atoms with van der Waals surface area (Å²) < 4.78 is 24.1. The van der Waals surface area contributed by atoms with Crippen LogP contribution in [0.5, 0.6) is 0 Å². The van der Waals surface area contributed by atoms with Gasteiger partial charge in [-0.1, -0.05) is 0 Å². The number of sulfonamides is 1. The van der Waals surface area contributed by atoms with E-state index >= 15 is 0 Å². The first-order valence-corrected chi connectivity index (χ1v) is 7.73. The molecule has 1 atom stereocenters. The second-order valence-electron chi connectivity index (χ2n) is 4.58. The first kappa shape index (κ1) is 13.9. The molecule has 1 fully saturated rings. The maximum Gasteiger partial charge on any atom is 0.208 e. The normalized spacial score (nSPS) is 23.5. The zero-order valence-corrected chi connectivity index (χ0v) is 11.0. The number of nitrogens with one attached hydrogen (secondary N) is 2. The summed E-state index contributed by atoms with van der Waals surface area (Å²) in [5.41, 5.74) is 0. The van der Waals surface area contributed by atoms with Crippen LogP contribution in [0.25, 0.3) is 0 Å². The van der Waals surface area contributed by atoms with E-state index in [2.05, 4.69) is 22.0 Å². The van der Waals surface area contributed by atoms with Gasteiger partial charge in [0.1, 0.15) is 0 Å². The Kier molecular flexibility index (Phi) is 5.68. The van der Waals surface area contributed by atoms with Crippen LogP contribution in [-0.2, 0) is 10.0 Å². The molecule has 1 rings (SSSR count). The highest BCUT2D eigenvalue weighted by Crippen LogP contribution is 2.07. The summed E-state index contributed by atoms with van der Waals surface area (Å²) in [6, 6.07) is 0.567. The van der Waals surface area contributed by atoms with Crippen molar-refractivity contribution in [3.8, 4) is 0 Å². The molecule has 6 heteroatoms. The van der Waals surface area contributed by atoms with Crippen molar-refractivity contribution in [1.82, 2.24) is 14.9 Å². The molecule has 0 aromatic carbocycles. The van der Waals surface area contributed by atoms with E-state index in [0.29, 0.717) is 12.6 Å². The van der Waals surface area contributed by atoms with Gasteiger partial charge < -0.3 is 10.2 Å². The monoisotopic (exact) mass is 249 g/mol. The molecule has 1 heterocycles. The minimum atomic E-state index is -3.02. The van der Waals surface area contributed by atoms with Gasteiger partial charge in [0.2, 0.25) is 10.0 Å². The first-order valence-electron chi connectivity index (χ1n) is 5.84. The summed E-state index contributed by atoms with van der Waals surface area (Å²) in [6.07, 6.45) is 4.50. The maximum atomic E-state index is 10.8. The quantitative estimate of drug-likeness (QED) is 0.629. The van der Waals surface area contributed by atoms with Crippen LogP contribution < -0.4 is 10.0 Å². The second-order valence-corrected chi connectivity index (χ2v) is 6.41. The van der Waals surface area contributed by atoms with E-state index in [1.807, 2.05) is 0 Å². The van der Waals surface area contributed by atoms with E-state index in [4.69, 9.17) is 0 Å². The van der Waals surface area contributed by atoms with E-state index in [-0.39, 0.29) is 0 Å². The first-order chi connectivity index (χ1) is 7.47. The Morgan fingerprint density at radius 1 is 1.38 bits per heavy atom. The Morgan fingerprint density at radius 3 is 2.75 bits per heavy atom. The van der Waals surface area contributed by atoms with Crippen molar-refractivity contribution >= 4 is 10.0 Å². The molecule has 1 aliphatic heterocycles. The number of likely N-dealkylation sites (tertiary alicyclic amines) is 1. The van der Waals surface area contributed by atoms with Crippen LogP contribution in [0.4, 0.5) is 0 Å². The predicted octanol–water partition coefficient (Wildman–Crippen LogP) is -0.390. The predicted molar refractivity (Wildman–Crippen MR) is 66.0 cm³/mol. The van der Waals surface area contributed by atoms with E-state index in [1.165, 1.54) is 25.6 Å². The SMILES string of the molecule is CN1CCCC(NCCCNS(C)(=O)=O)C1. The topological polar surface area (TPSA) is 61.4 Å². The molecular weight excluding hydrogens is 226 g/mol. The summed E-state index contributed by atoms with van der Waals surface area (Å²) in [7, 11) is -0.886. The Balaban J connectivity index is 2.02. The molecule has 1 unspecified atom stereocenters. The van der Waals surface area contributed by atoms with Gasteiger partial charge in [0.05, 0.1) is 6.26 Å². The average Bonchev–Trinajstić information content (AvgIpc) is 2.15. The van der Waals surface area contributed by atoms with Crippen molar-refractivity contribution in [3.63, 3.8) is 0 Å². The van der Waals surface area contributed by atoms with Gasteiger partial charge in [0.15, 0.2) is 0 Å². The Morgan fingerprint density at radius 2 is 2.12 bits per heavy atom. The van der Waals surface area contributed by atoms with Crippen LogP contribution in [0.1, 0.15) is 19.3 Å². The van der Waals surface area contributed by atoms with Crippen LogP contribution in [0.3, 0.4) is 0 Å². The molecule has 0 aromatic rings. The minimum absolute atomic E-state index is 0.522. The molecule has 0 radical (unpaired) electrons. The molecular formula is C10H23N3O2S. The van der Waals surface area contributed by atoms with Crippen molar-refractivity contribution in [2.45, 2.75) is 25.3 Å². The lowest BCUT2D eigenvalue weighted by molar-refractivity contribution is 0.227. The molecule has 0 aromatic heterocycles. The number of hydrogen-bond acceptors (Lipinski definition) is 4. The van der Waals surface area contributed by atoms with Crippen molar-refractivity contribution in [1.29, 1.82) is 0 Å². The average molecular weight is 249 g/mol. The van der Waals surface area contributed by atoms with Gasteiger partial charge in [0, 0.05) is 19.1 Å². The standard InChI is InChI=1S/C10H23N3O2S/c1-13-8-3-5-10(9-13)11-6-4-7-12-16(2,14)15/h10-12H,3-9H2,1-2H3. The molecule has 16 heavy (non-hydrogen) atoms. The van der Waals surface area contributed by atoms with Gasteiger partial charge in [-0.25, -0.2) is 13.1 Å². The molecule has 2 N–H and O–H groups in total. The largest absolute Gasteiger partial charge is 0.313 e. The van der Waals surface area contributed by atoms with E-state index in [0.717, 1.165) is 19.5 Å². The highest BCUT2D eigenvalue weighted by Gasteiger charge is 2.15. The van der Waals surface area contributed by atoms with Crippen LogP contribution >= 0.6 is 0 Å². The zero-order valence-electron chi connectivity index (χ0n) is 10.2. The molecule has 1 aliphatic rings. The minimum Gasteiger partial charge on any atom is -0.313 e. The molecule has 0 amide bonds.